The third-order valence-electron chi connectivity index (χ3n) is 3.66. The van der Waals surface area contributed by atoms with E-state index in [9.17, 15) is 17.6 Å². The fourth-order valence-corrected chi connectivity index (χ4v) is 3.37. The SMILES string of the molecule is Cc1cnn(-c2cc(F)cc(C(=O)CNS(=O)(=O)c3ccccc3)c2)c1. The molecule has 134 valence electrons. The Bertz CT molecular complexity index is 1050. The molecule has 1 aromatic heterocycles. The molecule has 1 N–H and O–H groups in total. The van der Waals surface area contributed by atoms with Gasteiger partial charge < -0.3 is 0 Å². The highest BCUT2D eigenvalue weighted by Gasteiger charge is 2.17. The predicted molar refractivity (Wildman–Crippen MR) is 94.2 cm³/mol. The Kier molecular flexibility index (Phi) is 4.97. The molecule has 8 heteroatoms. The molecule has 2 aromatic carbocycles. The molecular weight excluding hydrogens is 357 g/mol. The molecule has 0 fully saturated rings. The number of aryl methyl sites for hydroxylation is 1. The van der Waals surface area contributed by atoms with Crippen molar-refractivity contribution >= 4 is 15.8 Å². The molecule has 0 radical (unpaired) electrons. The van der Waals surface area contributed by atoms with Crippen LogP contribution in [0.4, 0.5) is 4.39 Å². The standard InChI is InChI=1S/C18H16FN3O3S/c1-13-10-20-22(12-13)16-8-14(7-15(19)9-16)18(23)11-21-26(24,25)17-5-3-2-4-6-17/h2-10,12,21H,11H2,1H3. The first kappa shape index (κ1) is 18.0. The maximum Gasteiger partial charge on any atom is 0.240 e. The van der Waals surface area contributed by atoms with E-state index < -0.39 is 28.2 Å². The van der Waals surface area contributed by atoms with E-state index in [2.05, 4.69) is 9.82 Å². The van der Waals surface area contributed by atoms with Gasteiger partial charge in [0.05, 0.1) is 23.3 Å². The number of Topliss-reactive ketones (excluding diaryl/α,β-unsaturated/α-hetero) is 1. The summed E-state index contributed by atoms with van der Waals surface area (Å²) in [6.45, 7) is 1.37. The molecule has 26 heavy (non-hydrogen) atoms. The van der Waals surface area contributed by atoms with Crippen LogP contribution >= 0.6 is 0 Å². The number of hydrogen-bond donors (Lipinski definition) is 1. The Morgan fingerprint density at radius 2 is 1.92 bits per heavy atom. The van der Waals surface area contributed by atoms with Crippen LogP contribution in [-0.4, -0.2) is 30.5 Å². The van der Waals surface area contributed by atoms with Gasteiger partial charge in [-0.05, 0) is 42.8 Å². The third-order valence-corrected chi connectivity index (χ3v) is 5.07. The van der Waals surface area contributed by atoms with E-state index in [0.29, 0.717) is 5.69 Å². The van der Waals surface area contributed by atoms with Crippen LogP contribution in [0, 0.1) is 12.7 Å². The highest BCUT2D eigenvalue weighted by Crippen LogP contribution is 2.15. The number of nitrogens with one attached hydrogen (secondary N) is 1. The molecule has 0 spiro atoms. The zero-order valence-corrected chi connectivity index (χ0v) is 14.7. The first-order chi connectivity index (χ1) is 12.3. The first-order valence-electron chi connectivity index (χ1n) is 7.75. The van der Waals surface area contributed by atoms with Crippen LogP contribution in [0.1, 0.15) is 15.9 Å². The van der Waals surface area contributed by atoms with Crippen molar-refractivity contribution in [1.29, 1.82) is 0 Å². The van der Waals surface area contributed by atoms with Crippen molar-refractivity contribution in [2.75, 3.05) is 6.54 Å². The fourth-order valence-electron chi connectivity index (χ4n) is 2.37. The van der Waals surface area contributed by atoms with Gasteiger partial charge >= 0.3 is 0 Å². The number of ketones is 1. The molecule has 0 saturated heterocycles. The monoisotopic (exact) mass is 373 g/mol. The molecule has 0 bridgehead atoms. The minimum absolute atomic E-state index is 0.0553. The Balaban J connectivity index is 1.79. The van der Waals surface area contributed by atoms with E-state index in [1.165, 1.54) is 28.9 Å². The second kappa shape index (κ2) is 7.19. The van der Waals surface area contributed by atoms with E-state index in [1.807, 2.05) is 6.92 Å². The second-order valence-corrected chi connectivity index (χ2v) is 7.49. The Morgan fingerprint density at radius 1 is 1.19 bits per heavy atom. The van der Waals surface area contributed by atoms with Gasteiger partial charge in [0.25, 0.3) is 0 Å². The smallest absolute Gasteiger partial charge is 0.240 e. The van der Waals surface area contributed by atoms with Crippen molar-refractivity contribution in [3.63, 3.8) is 0 Å². The van der Waals surface area contributed by atoms with Crippen LogP contribution in [-0.2, 0) is 10.0 Å². The molecular formula is C18H16FN3O3S. The largest absolute Gasteiger partial charge is 0.293 e. The summed E-state index contributed by atoms with van der Waals surface area (Å²) >= 11 is 0. The van der Waals surface area contributed by atoms with E-state index >= 15 is 0 Å². The fraction of sp³-hybridized carbons (Fsp3) is 0.111. The first-order valence-corrected chi connectivity index (χ1v) is 9.24. The lowest BCUT2D eigenvalue weighted by Crippen LogP contribution is -2.29. The summed E-state index contributed by atoms with van der Waals surface area (Å²) in [7, 11) is -3.81. The highest BCUT2D eigenvalue weighted by atomic mass is 32.2. The number of sulfonamides is 1. The quantitative estimate of drug-likeness (QED) is 0.673. The van der Waals surface area contributed by atoms with Gasteiger partial charge in [-0.1, -0.05) is 18.2 Å². The minimum atomic E-state index is -3.81. The number of nitrogens with zero attached hydrogens (tertiary/aromatic N) is 2. The van der Waals surface area contributed by atoms with E-state index in [1.54, 1.807) is 30.6 Å². The summed E-state index contributed by atoms with van der Waals surface area (Å²) in [5, 5.41) is 4.08. The number of benzene rings is 2. The topological polar surface area (TPSA) is 81.1 Å². The summed E-state index contributed by atoms with van der Waals surface area (Å²) in [6.07, 6.45) is 3.31. The van der Waals surface area contributed by atoms with E-state index in [-0.39, 0.29) is 10.5 Å². The number of halogens is 1. The second-order valence-electron chi connectivity index (χ2n) is 5.72. The van der Waals surface area contributed by atoms with Crippen LogP contribution in [0.15, 0.2) is 65.8 Å². The molecule has 0 aliphatic carbocycles. The highest BCUT2D eigenvalue weighted by molar-refractivity contribution is 7.89. The van der Waals surface area contributed by atoms with Crippen molar-refractivity contribution < 1.29 is 17.6 Å². The number of carbonyl (C=O) groups excluding carboxylic acids is 1. The maximum atomic E-state index is 13.9. The molecule has 6 nitrogen and oxygen atoms in total. The minimum Gasteiger partial charge on any atom is -0.293 e. The van der Waals surface area contributed by atoms with E-state index in [0.717, 1.165) is 11.6 Å². The van der Waals surface area contributed by atoms with Gasteiger partial charge in [-0.25, -0.2) is 22.2 Å². The Morgan fingerprint density at radius 3 is 2.58 bits per heavy atom. The van der Waals surface area contributed by atoms with Gasteiger partial charge in [-0.15, -0.1) is 0 Å². The number of carbonyl (C=O) groups is 1. The molecule has 0 aliphatic heterocycles. The van der Waals surface area contributed by atoms with E-state index in [4.69, 9.17) is 0 Å². The summed E-state index contributed by atoms with van der Waals surface area (Å²) in [6, 6.07) is 11.5. The molecule has 3 rings (SSSR count). The van der Waals surface area contributed by atoms with Gasteiger partial charge in [0, 0.05) is 11.8 Å². The molecule has 0 saturated carbocycles. The average Bonchev–Trinajstić information content (AvgIpc) is 3.06. The zero-order valence-electron chi connectivity index (χ0n) is 13.9. The number of aromatic nitrogens is 2. The van der Waals surface area contributed by atoms with Crippen molar-refractivity contribution in [2.45, 2.75) is 11.8 Å². The summed E-state index contributed by atoms with van der Waals surface area (Å²) in [5.41, 5.74) is 1.33. The average molecular weight is 373 g/mol. The predicted octanol–water partition coefficient (Wildman–Crippen LogP) is 2.48. The zero-order chi connectivity index (χ0) is 18.7. The van der Waals surface area contributed by atoms with Gasteiger partial charge in [0.2, 0.25) is 10.0 Å². The lowest BCUT2D eigenvalue weighted by atomic mass is 10.1. The van der Waals surface area contributed by atoms with Crippen LogP contribution in [0.5, 0.6) is 0 Å². The van der Waals surface area contributed by atoms with Crippen LogP contribution in [0.3, 0.4) is 0 Å². The molecule has 1 heterocycles. The lowest BCUT2D eigenvalue weighted by Gasteiger charge is -2.08. The van der Waals surface area contributed by atoms with Crippen molar-refractivity contribution in [2.24, 2.45) is 0 Å². The summed E-state index contributed by atoms with van der Waals surface area (Å²) in [4.78, 5) is 12.4. The van der Waals surface area contributed by atoms with Gasteiger partial charge in [0.1, 0.15) is 5.82 Å². The Labute approximate surface area is 150 Å². The number of hydrogen-bond acceptors (Lipinski definition) is 4. The molecule has 3 aromatic rings. The van der Waals surface area contributed by atoms with Crippen molar-refractivity contribution in [3.05, 3.63) is 77.9 Å². The molecule has 0 atom stereocenters. The number of rotatable bonds is 6. The molecule has 0 aliphatic rings. The van der Waals surface area contributed by atoms with Crippen LogP contribution in [0.25, 0.3) is 5.69 Å². The van der Waals surface area contributed by atoms with Gasteiger partial charge in [-0.3, -0.25) is 4.79 Å². The maximum absolute atomic E-state index is 13.9. The van der Waals surface area contributed by atoms with Gasteiger partial charge in [0.15, 0.2) is 5.78 Å². The molecule has 0 unspecified atom stereocenters. The van der Waals surface area contributed by atoms with Gasteiger partial charge in [-0.2, -0.15) is 5.10 Å². The molecule has 0 amide bonds. The summed E-state index contributed by atoms with van der Waals surface area (Å²) < 4.78 is 41.9. The van der Waals surface area contributed by atoms with Crippen molar-refractivity contribution in [1.82, 2.24) is 14.5 Å². The Hall–Kier alpha value is -2.84. The van der Waals surface area contributed by atoms with Crippen LogP contribution < -0.4 is 4.72 Å². The lowest BCUT2D eigenvalue weighted by molar-refractivity contribution is 0.0996. The normalized spacial score (nSPS) is 11.5. The summed E-state index contributed by atoms with van der Waals surface area (Å²) in [5.74, 6) is -1.15. The third kappa shape index (κ3) is 4.04. The van der Waals surface area contributed by atoms with Crippen molar-refractivity contribution in [3.8, 4) is 5.69 Å². The van der Waals surface area contributed by atoms with Crippen LogP contribution in [0.2, 0.25) is 0 Å².